The van der Waals surface area contributed by atoms with Gasteiger partial charge in [-0.05, 0) is 53.7 Å². The maximum Gasteiger partial charge on any atom is 0.352 e. The first-order valence-electron chi connectivity index (χ1n) is 7.10. The Hall–Kier alpha value is -2.93. The van der Waals surface area contributed by atoms with Crippen LogP contribution in [-0.4, -0.2) is 32.3 Å². The molecule has 3 aromatic rings. The lowest BCUT2D eigenvalue weighted by atomic mass is 10.3. The summed E-state index contributed by atoms with van der Waals surface area (Å²) in [6, 6.07) is 13.7. The van der Waals surface area contributed by atoms with E-state index >= 15 is 0 Å². The molecule has 8 heteroatoms. The molecule has 0 fully saturated rings. The fourth-order valence-electron chi connectivity index (χ4n) is 1.92. The molecule has 0 saturated carbocycles. The van der Waals surface area contributed by atoms with Gasteiger partial charge in [-0.15, -0.1) is 5.10 Å². The van der Waals surface area contributed by atoms with E-state index in [-0.39, 0.29) is 0 Å². The number of hydrogen-bond acceptors (Lipinski definition) is 6. The number of hydrogen-bond donors (Lipinski definition) is 0. The van der Waals surface area contributed by atoms with Crippen LogP contribution in [0.3, 0.4) is 0 Å². The maximum absolute atomic E-state index is 12.1. The Morgan fingerprint density at radius 1 is 1.17 bits per heavy atom. The number of rotatable bonds is 5. The number of ether oxygens (including phenoxy) is 2. The number of halogens is 1. The Balaban J connectivity index is 1.63. The second kappa shape index (κ2) is 7.10. The van der Waals surface area contributed by atoms with Crippen LogP contribution in [0.5, 0.6) is 11.5 Å². The fraction of sp³-hybridized carbons (Fsp3) is 0.125. The van der Waals surface area contributed by atoms with Gasteiger partial charge in [0.1, 0.15) is 17.8 Å². The standard InChI is InChI=1S/C16H13ClN4O3/c1-11(23-15-5-3-2-4-14(15)17)16(22)24-13-8-6-12(7-9-13)21-10-18-19-20-21/h2-11H,1H3. The third-order valence-electron chi connectivity index (χ3n) is 3.14. The fourth-order valence-corrected chi connectivity index (χ4v) is 2.10. The zero-order valence-electron chi connectivity index (χ0n) is 12.7. The number of carbonyl (C=O) groups excluding carboxylic acids is 1. The third-order valence-corrected chi connectivity index (χ3v) is 3.45. The summed E-state index contributed by atoms with van der Waals surface area (Å²) in [6.07, 6.45) is 0.671. The SMILES string of the molecule is CC(Oc1ccccc1Cl)C(=O)Oc1ccc(-n2cnnn2)cc1. The normalized spacial score (nSPS) is 11.8. The summed E-state index contributed by atoms with van der Waals surface area (Å²) in [5, 5.41) is 11.3. The van der Waals surface area contributed by atoms with E-state index in [1.54, 1.807) is 55.5 Å². The number of nitrogens with zero attached hydrogens (tertiary/aromatic N) is 4. The first-order chi connectivity index (χ1) is 11.6. The predicted octanol–water partition coefficient (Wildman–Crippen LogP) is 2.69. The van der Waals surface area contributed by atoms with Crippen LogP contribution in [0, 0.1) is 0 Å². The first kappa shape index (κ1) is 15.9. The molecule has 0 saturated heterocycles. The predicted molar refractivity (Wildman–Crippen MR) is 86.3 cm³/mol. The van der Waals surface area contributed by atoms with Gasteiger partial charge in [-0.1, -0.05) is 23.7 Å². The Morgan fingerprint density at radius 3 is 2.58 bits per heavy atom. The molecular weight excluding hydrogens is 332 g/mol. The molecule has 24 heavy (non-hydrogen) atoms. The van der Waals surface area contributed by atoms with Crippen LogP contribution < -0.4 is 9.47 Å². The van der Waals surface area contributed by atoms with Crippen LogP contribution in [0.25, 0.3) is 5.69 Å². The molecule has 1 aromatic heterocycles. The van der Waals surface area contributed by atoms with Gasteiger partial charge < -0.3 is 9.47 Å². The van der Waals surface area contributed by atoms with E-state index in [0.717, 1.165) is 5.69 Å². The van der Waals surface area contributed by atoms with Crippen molar-refractivity contribution in [1.82, 2.24) is 20.2 Å². The van der Waals surface area contributed by atoms with Crippen molar-refractivity contribution in [2.45, 2.75) is 13.0 Å². The molecule has 2 aromatic carbocycles. The molecule has 1 atom stereocenters. The zero-order chi connectivity index (χ0) is 16.9. The number of carbonyl (C=O) groups is 1. The molecular formula is C16H13ClN4O3. The topological polar surface area (TPSA) is 79.1 Å². The quantitative estimate of drug-likeness (QED) is 0.523. The summed E-state index contributed by atoms with van der Waals surface area (Å²) < 4.78 is 12.3. The summed E-state index contributed by atoms with van der Waals surface area (Å²) in [5.41, 5.74) is 0.750. The van der Waals surface area contributed by atoms with Gasteiger partial charge in [0.15, 0.2) is 6.10 Å². The molecule has 0 bridgehead atoms. The average Bonchev–Trinajstić information content (AvgIpc) is 3.12. The van der Waals surface area contributed by atoms with Crippen LogP contribution in [0.15, 0.2) is 54.9 Å². The van der Waals surface area contributed by atoms with Crippen molar-refractivity contribution in [1.29, 1.82) is 0 Å². The van der Waals surface area contributed by atoms with Crippen molar-refractivity contribution in [2.24, 2.45) is 0 Å². The van der Waals surface area contributed by atoms with E-state index in [0.29, 0.717) is 16.5 Å². The highest BCUT2D eigenvalue weighted by Crippen LogP contribution is 2.24. The van der Waals surface area contributed by atoms with Crippen molar-refractivity contribution in [3.05, 3.63) is 59.9 Å². The number of esters is 1. The molecule has 0 radical (unpaired) electrons. The second-order valence-corrected chi connectivity index (χ2v) is 5.27. The van der Waals surface area contributed by atoms with Crippen molar-refractivity contribution >= 4 is 17.6 Å². The average molecular weight is 345 g/mol. The number of tetrazole rings is 1. The van der Waals surface area contributed by atoms with Crippen molar-refractivity contribution in [3.63, 3.8) is 0 Å². The molecule has 1 heterocycles. The van der Waals surface area contributed by atoms with Crippen LogP contribution in [0.1, 0.15) is 6.92 Å². The Kier molecular flexibility index (Phi) is 4.72. The van der Waals surface area contributed by atoms with Gasteiger partial charge in [0.05, 0.1) is 10.7 Å². The lowest BCUT2D eigenvalue weighted by Gasteiger charge is -2.14. The number of aromatic nitrogens is 4. The second-order valence-electron chi connectivity index (χ2n) is 4.86. The van der Waals surface area contributed by atoms with Gasteiger partial charge in [-0.25, -0.2) is 9.48 Å². The summed E-state index contributed by atoms with van der Waals surface area (Å²) in [5.74, 6) is 0.300. The van der Waals surface area contributed by atoms with E-state index in [9.17, 15) is 4.79 Å². The number of benzene rings is 2. The Labute approximate surface area is 142 Å². The van der Waals surface area contributed by atoms with E-state index in [1.165, 1.54) is 11.0 Å². The van der Waals surface area contributed by atoms with E-state index < -0.39 is 12.1 Å². The third kappa shape index (κ3) is 3.69. The molecule has 0 aliphatic heterocycles. The van der Waals surface area contributed by atoms with Crippen molar-refractivity contribution < 1.29 is 14.3 Å². The number of para-hydroxylation sites is 1. The van der Waals surface area contributed by atoms with Crippen LogP contribution in [0.4, 0.5) is 0 Å². The monoisotopic (exact) mass is 344 g/mol. The zero-order valence-corrected chi connectivity index (χ0v) is 13.4. The first-order valence-corrected chi connectivity index (χ1v) is 7.47. The van der Waals surface area contributed by atoms with E-state index in [4.69, 9.17) is 21.1 Å². The van der Waals surface area contributed by atoms with Gasteiger partial charge in [0, 0.05) is 0 Å². The van der Waals surface area contributed by atoms with Crippen molar-refractivity contribution in [3.8, 4) is 17.2 Å². The minimum Gasteiger partial charge on any atom is -0.477 e. The van der Waals surface area contributed by atoms with E-state index in [1.807, 2.05) is 0 Å². The molecule has 0 amide bonds. The largest absolute Gasteiger partial charge is 0.477 e. The molecule has 0 spiro atoms. The maximum atomic E-state index is 12.1. The van der Waals surface area contributed by atoms with Gasteiger partial charge in [-0.3, -0.25) is 0 Å². The molecule has 7 nitrogen and oxygen atoms in total. The molecule has 1 unspecified atom stereocenters. The van der Waals surface area contributed by atoms with E-state index in [2.05, 4.69) is 15.5 Å². The molecule has 0 aliphatic rings. The summed E-state index contributed by atoms with van der Waals surface area (Å²) >= 11 is 6.00. The lowest BCUT2D eigenvalue weighted by molar-refractivity contribution is -0.141. The molecule has 0 N–H and O–H groups in total. The van der Waals surface area contributed by atoms with Crippen molar-refractivity contribution in [2.75, 3.05) is 0 Å². The van der Waals surface area contributed by atoms with Crippen LogP contribution >= 0.6 is 11.6 Å². The summed E-state index contributed by atoms with van der Waals surface area (Å²) in [6.45, 7) is 1.60. The molecule has 122 valence electrons. The summed E-state index contributed by atoms with van der Waals surface area (Å²) in [4.78, 5) is 12.1. The van der Waals surface area contributed by atoms with Gasteiger partial charge in [-0.2, -0.15) is 0 Å². The highest BCUT2D eigenvalue weighted by Gasteiger charge is 2.18. The van der Waals surface area contributed by atoms with Crippen LogP contribution in [0.2, 0.25) is 5.02 Å². The Bertz CT molecular complexity index is 822. The van der Waals surface area contributed by atoms with Gasteiger partial charge in [0.25, 0.3) is 0 Å². The van der Waals surface area contributed by atoms with Crippen LogP contribution in [-0.2, 0) is 4.79 Å². The van der Waals surface area contributed by atoms with Gasteiger partial charge in [0.2, 0.25) is 0 Å². The minimum absolute atomic E-state index is 0.395. The minimum atomic E-state index is -0.802. The van der Waals surface area contributed by atoms with Gasteiger partial charge >= 0.3 is 5.97 Å². The highest BCUT2D eigenvalue weighted by atomic mass is 35.5. The summed E-state index contributed by atoms with van der Waals surface area (Å²) in [7, 11) is 0. The lowest BCUT2D eigenvalue weighted by Crippen LogP contribution is -2.28. The smallest absolute Gasteiger partial charge is 0.352 e. The molecule has 0 aliphatic carbocycles. The Morgan fingerprint density at radius 2 is 1.92 bits per heavy atom. The highest BCUT2D eigenvalue weighted by molar-refractivity contribution is 6.32. The molecule has 3 rings (SSSR count).